The van der Waals surface area contributed by atoms with Crippen LogP contribution in [0.5, 0.6) is 0 Å². The van der Waals surface area contributed by atoms with Crippen LogP contribution in [0.4, 0.5) is 0 Å². The molecular weight excluding hydrogens is 1160 g/mol. The first-order valence-electron chi connectivity index (χ1n) is 36.1. The number of carbonyl (C=O) groups is 4. The first kappa shape index (κ1) is 86.1. The van der Waals surface area contributed by atoms with Crippen LogP contribution in [0.15, 0.2) is 0 Å². The molecule has 0 spiro atoms. The Morgan fingerprint density at radius 3 is 0.773 bits per heavy atom. The summed E-state index contributed by atoms with van der Waals surface area (Å²) in [5, 5.41) is 10.6. The molecule has 0 aliphatic rings. The lowest BCUT2D eigenvalue weighted by molar-refractivity contribution is -0.161. The number of phosphoric acid groups is 2. The van der Waals surface area contributed by atoms with Gasteiger partial charge in [0, 0.05) is 25.7 Å². The topological polar surface area (TPSA) is 237 Å². The molecule has 3 N–H and O–H groups in total. The second kappa shape index (κ2) is 62.5. The van der Waals surface area contributed by atoms with Gasteiger partial charge in [-0.25, -0.2) is 9.13 Å². The van der Waals surface area contributed by atoms with Gasteiger partial charge < -0.3 is 33.8 Å². The molecule has 0 saturated heterocycles. The lowest BCUT2D eigenvalue weighted by Crippen LogP contribution is -2.30. The molecule has 17 nitrogen and oxygen atoms in total. The first-order chi connectivity index (χ1) is 42.5. The molecule has 0 fully saturated rings. The maximum absolute atomic E-state index is 13.0. The van der Waals surface area contributed by atoms with Crippen molar-refractivity contribution in [2.24, 2.45) is 5.92 Å². The van der Waals surface area contributed by atoms with Gasteiger partial charge in [-0.15, -0.1) is 0 Å². The molecule has 0 amide bonds. The Balaban J connectivity index is 5.19. The fraction of sp³-hybridized carbons (Fsp3) is 0.942. The number of unbranched alkanes of at least 4 members (excludes halogenated alkanes) is 41. The lowest BCUT2D eigenvalue weighted by Gasteiger charge is -2.21. The molecular formula is C69H134O17P2. The Labute approximate surface area is 537 Å². The number of esters is 4. The summed E-state index contributed by atoms with van der Waals surface area (Å²) in [7, 11) is -9.89. The third kappa shape index (κ3) is 62.8. The molecule has 88 heavy (non-hydrogen) atoms. The van der Waals surface area contributed by atoms with E-state index in [1.807, 2.05) is 0 Å². The third-order valence-electron chi connectivity index (χ3n) is 16.0. The standard InChI is InChI=1S/C69H134O17P2/c1-6-9-12-15-18-21-28-33-38-43-48-53-67(72)80-59-65(86-69(74)55-50-45-40-35-31-27-25-23-24-26-30-32-36-41-46-51-62(4)5)61-84-88(77,78)82-57-63(70)56-81-87(75,76)83-60-64(58-79-66(71)52-47-42-37-20-17-14-11-8-3)85-68(73)54-49-44-39-34-29-22-19-16-13-10-7-2/h62-65,70H,6-61H2,1-5H3,(H,75,76)(H,77,78)/t63-,64+,65+/m0/s1. The molecule has 5 atom stereocenters. The maximum atomic E-state index is 13.0. The number of ether oxygens (including phenoxy) is 4. The molecule has 0 aromatic rings. The molecule has 2 unspecified atom stereocenters. The van der Waals surface area contributed by atoms with Crippen molar-refractivity contribution in [2.45, 2.75) is 374 Å². The van der Waals surface area contributed by atoms with Crippen LogP contribution in [-0.4, -0.2) is 96.7 Å². The van der Waals surface area contributed by atoms with Crippen LogP contribution in [0.25, 0.3) is 0 Å². The smallest absolute Gasteiger partial charge is 0.462 e. The number of phosphoric ester groups is 2. The zero-order chi connectivity index (χ0) is 64.9. The van der Waals surface area contributed by atoms with E-state index in [0.717, 1.165) is 102 Å². The van der Waals surface area contributed by atoms with E-state index in [1.54, 1.807) is 0 Å². The van der Waals surface area contributed by atoms with Crippen LogP contribution in [0, 0.1) is 5.92 Å². The Morgan fingerprint density at radius 2 is 0.523 bits per heavy atom. The highest BCUT2D eigenvalue weighted by atomic mass is 31.2. The van der Waals surface area contributed by atoms with Crippen LogP contribution in [-0.2, 0) is 65.4 Å². The van der Waals surface area contributed by atoms with Crippen LogP contribution in [0.1, 0.15) is 356 Å². The average Bonchev–Trinajstić information content (AvgIpc) is 3.52. The van der Waals surface area contributed by atoms with E-state index < -0.39 is 97.5 Å². The summed E-state index contributed by atoms with van der Waals surface area (Å²) in [6, 6.07) is 0. The predicted octanol–water partition coefficient (Wildman–Crippen LogP) is 19.7. The third-order valence-corrected chi connectivity index (χ3v) is 17.9. The summed E-state index contributed by atoms with van der Waals surface area (Å²) in [5.74, 6) is -1.32. The molecule has 19 heteroatoms. The molecule has 0 aliphatic carbocycles. The molecule has 0 bridgehead atoms. The minimum atomic E-state index is -4.95. The summed E-state index contributed by atoms with van der Waals surface area (Å²) < 4.78 is 68.1. The highest BCUT2D eigenvalue weighted by Gasteiger charge is 2.30. The highest BCUT2D eigenvalue weighted by Crippen LogP contribution is 2.45. The van der Waals surface area contributed by atoms with E-state index in [9.17, 15) is 43.2 Å². The molecule has 0 saturated carbocycles. The normalized spacial score (nSPS) is 14.1. The van der Waals surface area contributed by atoms with Crippen molar-refractivity contribution >= 4 is 39.5 Å². The largest absolute Gasteiger partial charge is 0.472 e. The van der Waals surface area contributed by atoms with Gasteiger partial charge in [0.15, 0.2) is 12.2 Å². The number of hydrogen-bond acceptors (Lipinski definition) is 15. The Bertz CT molecular complexity index is 1700. The molecule has 522 valence electrons. The van der Waals surface area contributed by atoms with Crippen molar-refractivity contribution in [3.63, 3.8) is 0 Å². The zero-order valence-electron chi connectivity index (χ0n) is 56.9. The number of aliphatic hydroxyl groups excluding tert-OH is 1. The van der Waals surface area contributed by atoms with Crippen molar-refractivity contribution in [2.75, 3.05) is 39.6 Å². The van der Waals surface area contributed by atoms with Crippen LogP contribution >= 0.6 is 15.6 Å². The van der Waals surface area contributed by atoms with Gasteiger partial charge in [0.2, 0.25) is 0 Å². The molecule has 0 aliphatic heterocycles. The van der Waals surface area contributed by atoms with Crippen molar-refractivity contribution < 1.29 is 80.2 Å². The van der Waals surface area contributed by atoms with E-state index in [-0.39, 0.29) is 25.7 Å². The van der Waals surface area contributed by atoms with Gasteiger partial charge in [-0.2, -0.15) is 0 Å². The van der Waals surface area contributed by atoms with Gasteiger partial charge in [0.25, 0.3) is 0 Å². The fourth-order valence-corrected chi connectivity index (χ4v) is 12.0. The highest BCUT2D eigenvalue weighted by molar-refractivity contribution is 7.47. The Morgan fingerprint density at radius 1 is 0.307 bits per heavy atom. The summed E-state index contributed by atoms with van der Waals surface area (Å²) >= 11 is 0. The number of aliphatic hydroxyl groups is 1. The van der Waals surface area contributed by atoms with E-state index >= 15 is 0 Å². The van der Waals surface area contributed by atoms with Crippen molar-refractivity contribution in [1.29, 1.82) is 0 Å². The molecule has 0 radical (unpaired) electrons. The van der Waals surface area contributed by atoms with Crippen molar-refractivity contribution in [3.8, 4) is 0 Å². The number of rotatable bonds is 69. The predicted molar refractivity (Wildman–Crippen MR) is 354 cm³/mol. The monoisotopic (exact) mass is 1300 g/mol. The zero-order valence-corrected chi connectivity index (χ0v) is 58.6. The maximum Gasteiger partial charge on any atom is 0.472 e. The van der Waals surface area contributed by atoms with Crippen molar-refractivity contribution in [3.05, 3.63) is 0 Å². The van der Waals surface area contributed by atoms with Crippen LogP contribution in [0.3, 0.4) is 0 Å². The number of hydrogen-bond donors (Lipinski definition) is 3. The Hall–Kier alpha value is -1.94. The number of carbonyl (C=O) groups excluding carboxylic acids is 4. The van der Waals surface area contributed by atoms with Gasteiger partial charge >= 0.3 is 39.5 Å². The van der Waals surface area contributed by atoms with Gasteiger partial charge in [-0.05, 0) is 31.6 Å². The van der Waals surface area contributed by atoms with Gasteiger partial charge in [0.05, 0.1) is 26.4 Å². The minimum Gasteiger partial charge on any atom is -0.462 e. The van der Waals surface area contributed by atoms with Crippen LogP contribution in [0.2, 0.25) is 0 Å². The summed E-state index contributed by atoms with van der Waals surface area (Å²) in [5.41, 5.74) is 0. The summed E-state index contributed by atoms with van der Waals surface area (Å²) in [4.78, 5) is 72.4. The molecule has 0 heterocycles. The average molecular weight is 1300 g/mol. The molecule has 0 aromatic heterocycles. The van der Waals surface area contributed by atoms with E-state index in [2.05, 4.69) is 34.6 Å². The van der Waals surface area contributed by atoms with Crippen molar-refractivity contribution in [1.82, 2.24) is 0 Å². The van der Waals surface area contributed by atoms with Gasteiger partial charge in [-0.1, -0.05) is 304 Å². The van der Waals surface area contributed by atoms with Gasteiger partial charge in [0.1, 0.15) is 19.3 Å². The SMILES string of the molecule is CCCCCCCCCCCCCC(=O)OC[C@H](COP(=O)(O)OC[C@@H](O)COP(=O)(O)OC[C@@H](COC(=O)CCCCCCCCCC)OC(=O)CCCCCCCCCCCCC)OC(=O)CCCCCCCCCCCCCCCCCC(C)C. The Kier molecular flexibility index (Phi) is 61.1. The molecule has 0 rings (SSSR count). The first-order valence-corrected chi connectivity index (χ1v) is 39.1. The second-order valence-electron chi connectivity index (χ2n) is 25.4. The minimum absolute atomic E-state index is 0.107. The quantitative estimate of drug-likeness (QED) is 0.0222. The summed E-state index contributed by atoms with van der Waals surface area (Å²) in [6.45, 7) is 7.23. The second-order valence-corrected chi connectivity index (χ2v) is 28.3. The lowest BCUT2D eigenvalue weighted by atomic mass is 10.0. The van der Waals surface area contributed by atoms with Crippen LogP contribution < -0.4 is 0 Å². The fourth-order valence-electron chi connectivity index (χ4n) is 10.5. The van der Waals surface area contributed by atoms with E-state index in [1.165, 1.54) is 173 Å². The van der Waals surface area contributed by atoms with Gasteiger partial charge in [-0.3, -0.25) is 37.3 Å². The van der Waals surface area contributed by atoms with E-state index in [4.69, 9.17) is 37.0 Å². The summed E-state index contributed by atoms with van der Waals surface area (Å²) in [6.07, 6.45) is 48.5. The van der Waals surface area contributed by atoms with E-state index in [0.29, 0.717) is 25.7 Å². The molecule has 0 aromatic carbocycles.